The van der Waals surface area contributed by atoms with Crippen LogP contribution in [0.1, 0.15) is 32.1 Å². The maximum absolute atomic E-state index is 13.4. The van der Waals surface area contributed by atoms with Gasteiger partial charge in [-0.1, -0.05) is 0 Å². The molecule has 0 unspecified atom stereocenters. The first-order chi connectivity index (χ1) is 14.2. The molecule has 0 spiro atoms. The Kier molecular flexibility index (Phi) is 6.88. The van der Waals surface area contributed by atoms with Crippen molar-refractivity contribution in [2.45, 2.75) is 49.1 Å². The molecule has 6 nitrogen and oxygen atoms in total. The molecule has 9 heteroatoms. The van der Waals surface area contributed by atoms with E-state index >= 15 is 0 Å². The lowest BCUT2D eigenvalue weighted by molar-refractivity contribution is 0.0962. The van der Waals surface area contributed by atoms with Gasteiger partial charge in [0.15, 0.2) is 0 Å². The molecule has 30 heavy (non-hydrogen) atoms. The van der Waals surface area contributed by atoms with Crippen molar-refractivity contribution in [3.8, 4) is 0 Å². The molecule has 1 aromatic rings. The molecule has 1 saturated carbocycles. The molecule has 2 aliphatic heterocycles. The van der Waals surface area contributed by atoms with Gasteiger partial charge in [0, 0.05) is 34.3 Å². The fourth-order valence-electron chi connectivity index (χ4n) is 5.23. The number of piperidine rings is 2. The first-order valence-corrected chi connectivity index (χ1v) is 13.8. The maximum Gasteiger partial charge on any atom is 0.245 e. The van der Waals surface area contributed by atoms with E-state index in [2.05, 4.69) is 55.8 Å². The van der Waals surface area contributed by atoms with Gasteiger partial charge in [0.1, 0.15) is 4.90 Å². The zero-order valence-electron chi connectivity index (χ0n) is 17.6. The molecule has 1 aliphatic carbocycles. The minimum absolute atomic E-state index is 0.269. The molecule has 3 aliphatic rings. The number of aliphatic hydroxyl groups is 1. The smallest absolute Gasteiger partial charge is 0.245 e. The first kappa shape index (κ1) is 23.0. The molecule has 0 aromatic heterocycles. The Morgan fingerprint density at radius 3 is 2.30 bits per heavy atom. The highest BCUT2D eigenvalue weighted by atomic mass is 79.9. The van der Waals surface area contributed by atoms with Crippen molar-refractivity contribution in [3.05, 3.63) is 21.1 Å². The lowest BCUT2D eigenvalue weighted by atomic mass is 9.93. The van der Waals surface area contributed by atoms with Crippen LogP contribution in [0.4, 0.5) is 5.69 Å². The zero-order chi connectivity index (χ0) is 21.6. The highest BCUT2D eigenvalue weighted by molar-refractivity contribution is 9.11. The van der Waals surface area contributed by atoms with Crippen LogP contribution in [0.2, 0.25) is 0 Å². The van der Waals surface area contributed by atoms with E-state index in [1.807, 2.05) is 12.1 Å². The SMILES string of the molecule is CN(C)CCC1CCN(c2cc(Br)c(S(=O)(=O)N3C[C@@H]4C[C@@H](O)[C@H]3C4)c(Br)c2)CC1. The van der Waals surface area contributed by atoms with Crippen LogP contribution >= 0.6 is 31.9 Å². The predicted molar refractivity (Wildman–Crippen MR) is 126 cm³/mol. The summed E-state index contributed by atoms with van der Waals surface area (Å²) >= 11 is 7.08. The topological polar surface area (TPSA) is 64.1 Å². The van der Waals surface area contributed by atoms with E-state index in [1.165, 1.54) is 10.7 Å². The molecular weight excluding hydrogens is 534 g/mol. The van der Waals surface area contributed by atoms with E-state index in [-0.39, 0.29) is 16.9 Å². The van der Waals surface area contributed by atoms with Crippen molar-refractivity contribution in [3.63, 3.8) is 0 Å². The second-order valence-corrected chi connectivity index (χ2v) is 12.8. The molecule has 0 radical (unpaired) electrons. The Morgan fingerprint density at radius 2 is 1.77 bits per heavy atom. The van der Waals surface area contributed by atoms with Crippen molar-refractivity contribution in [1.82, 2.24) is 9.21 Å². The van der Waals surface area contributed by atoms with Crippen LogP contribution in [0.15, 0.2) is 26.0 Å². The third-order valence-electron chi connectivity index (χ3n) is 6.92. The van der Waals surface area contributed by atoms with Crippen LogP contribution in [0.3, 0.4) is 0 Å². The van der Waals surface area contributed by atoms with Gasteiger partial charge in [0.25, 0.3) is 0 Å². The second-order valence-electron chi connectivity index (χ2n) is 9.31. The molecule has 2 bridgehead atoms. The number of hydrogen-bond acceptors (Lipinski definition) is 5. The minimum atomic E-state index is -3.68. The van der Waals surface area contributed by atoms with Crippen LogP contribution in [0, 0.1) is 11.8 Å². The number of hydrogen-bond donors (Lipinski definition) is 1. The van der Waals surface area contributed by atoms with Gasteiger partial charge in [-0.25, -0.2) is 8.42 Å². The fourth-order valence-corrected chi connectivity index (χ4v) is 9.46. The summed E-state index contributed by atoms with van der Waals surface area (Å²) in [5.41, 5.74) is 1.04. The van der Waals surface area contributed by atoms with Crippen molar-refractivity contribution < 1.29 is 13.5 Å². The number of aliphatic hydroxyl groups excluding tert-OH is 1. The maximum atomic E-state index is 13.4. The third kappa shape index (κ3) is 4.48. The predicted octanol–water partition coefficient (Wildman–Crippen LogP) is 3.52. The standard InChI is InChI=1S/C21H31Br2N3O3S/c1-24(2)6-3-14-4-7-25(8-5-14)16-11-17(22)21(18(23)12-16)30(28,29)26-13-15-9-19(26)20(27)10-15/h11-12,14-15,19-20,27H,3-10,13H2,1-2H3/t15-,19+,20+/m0/s1. The Bertz CT molecular complexity index is 864. The number of sulfonamides is 1. The van der Waals surface area contributed by atoms with Gasteiger partial charge < -0.3 is 14.9 Å². The first-order valence-electron chi connectivity index (χ1n) is 10.8. The van der Waals surface area contributed by atoms with Crippen molar-refractivity contribution in [1.29, 1.82) is 0 Å². The van der Waals surface area contributed by atoms with E-state index in [0.29, 0.717) is 21.9 Å². The van der Waals surface area contributed by atoms with Crippen LogP contribution < -0.4 is 4.90 Å². The minimum Gasteiger partial charge on any atom is -0.391 e. The Balaban J connectivity index is 1.49. The van der Waals surface area contributed by atoms with Gasteiger partial charge in [-0.2, -0.15) is 4.31 Å². The van der Waals surface area contributed by atoms with Gasteiger partial charge in [0.2, 0.25) is 10.0 Å². The van der Waals surface area contributed by atoms with Gasteiger partial charge in [-0.05, 0) is 109 Å². The average molecular weight is 565 g/mol. The van der Waals surface area contributed by atoms with Crippen LogP contribution in [-0.4, -0.2) is 75.1 Å². The lowest BCUT2D eigenvalue weighted by Crippen LogP contribution is -2.44. The molecule has 3 atom stereocenters. The van der Waals surface area contributed by atoms with Gasteiger partial charge >= 0.3 is 0 Å². The molecule has 1 aromatic carbocycles. The molecule has 1 N–H and O–H groups in total. The van der Waals surface area contributed by atoms with Gasteiger partial charge in [-0.3, -0.25) is 0 Å². The van der Waals surface area contributed by atoms with Crippen LogP contribution in [0.25, 0.3) is 0 Å². The summed E-state index contributed by atoms with van der Waals surface area (Å²) in [6.45, 7) is 3.61. The molecular formula is C21H31Br2N3O3S. The third-order valence-corrected chi connectivity index (χ3v) is 10.7. The molecule has 0 amide bonds. The van der Waals surface area contributed by atoms with Crippen LogP contribution in [-0.2, 0) is 10.0 Å². The highest BCUT2D eigenvalue weighted by Crippen LogP contribution is 2.44. The van der Waals surface area contributed by atoms with Crippen molar-refractivity contribution >= 4 is 47.6 Å². The summed E-state index contributed by atoms with van der Waals surface area (Å²) < 4.78 is 29.5. The summed E-state index contributed by atoms with van der Waals surface area (Å²) in [4.78, 5) is 4.86. The molecule has 168 valence electrons. The number of nitrogens with zero attached hydrogens (tertiary/aromatic N) is 3. The van der Waals surface area contributed by atoms with E-state index in [1.54, 1.807) is 0 Å². The Hall–Kier alpha value is -0.190. The van der Waals surface area contributed by atoms with E-state index in [4.69, 9.17) is 0 Å². The number of benzene rings is 1. The van der Waals surface area contributed by atoms with Gasteiger partial charge in [0.05, 0.1) is 12.1 Å². The zero-order valence-corrected chi connectivity index (χ0v) is 21.6. The quantitative estimate of drug-likeness (QED) is 0.573. The number of fused-ring (bicyclic) bond motifs is 2. The molecule has 2 heterocycles. The lowest BCUT2D eigenvalue weighted by Gasteiger charge is -2.35. The van der Waals surface area contributed by atoms with E-state index in [9.17, 15) is 13.5 Å². The number of halogens is 2. The average Bonchev–Trinajstić information content (AvgIpc) is 3.26. The molecule has 4 rings (SSSR count). The monoisotopic (exact) mass is 563 g/mol. The summed E-state index contributed by atoms with van der Waals surface area (Å²) in [5.74, 6) is 1.03. The largest absolute Gasteiger partial charge is 0.391 e. The van der Waals surface area contributed by atoms with E-state index < -0.39 is 16.1 Å². The van der Waals surface area contributed by atoms with Crippen molar-refractivity contribution in [2.75, 3.05) is 45.2 Å². The Morgan fingerprint density at radius 1 is 1.13 bits per heavy atom. The summed E-state index contributed by atoms with van der Waals surface area (Å²) in [7, 11) is 0.558. The summed E-state index contributed by atoms with van der Waals surface area (Å²) in [6.07, 6.45) is 4.48. The summed E-state index contributed by atoms with van der Waals surface area (Å²) in [6, 6.07) is 3.57. The highest BCUT2D eigenvalue weighted by Gasteiger charge is 2.50. The van der Waals surface area contributed by atoms with Gasteiger partial charge in [-0.15, -0.1) is 0 Å². The summed E-state index contributed by atoms with van der Waals surface area (Å²) in [5, 5.41) is 10.2. The second kappa shape index (κ2) is 8.98. The fraction of sp³-hybridized carbons (Fsp3) is 0.714. The number of rotatable bonds is 6. The van der Waals surface area contributed by atoms with E-state index in [0.717, 1.165) is 50.5 Å². The molecule has 3 fully saturated rings. The van der Waals surface area contributed by atoms with Crippen LogP contribution in [0.5, 0.6) is 0 Å². The van der Waals surface area contributed by atoms with Crippen molar-refractivity contribution in [2.24, 2.45) is 11.8 Å². The Labute approximate surface area is 196 Å². The number of anilines is 1. The molecule has 2 saturated heterocycles. The normalized spacial score (nSPS) is 28.1.